The van der Waals surface area contributed by atoms with Crippen LogP contribution in [-0.4, -0.2) is 6.29 Å². The molecular weight excluding hydrogens is 260 g/mol. The van der Waals surface area contributed by atoms with Gasteiger partial charge in [-0.05, 0) is 35.7 Å². The summed E-state index contributed by atoms with van der Waals surface area (Å²) < 4.78 is 5.76. The summed E-state index contributed by atoms with van der Waals surface area (Å²) >= 11 is 6.08. The maximum absolute atomic E-state index is 11.0. The number of hydrogen-bond acceptors (Lipinski definition) is 2. The van der Waals surface area contributed by atoms with Crippen molar-refractivity contribution in [3.8, 4) is 11.5 Å². The second-order valence-electron chi connectivity index (χ2n) is 4.61. The number of hydrogen-bond donors (Lipinski definition) is 0. The highest BCUT2D eigenvalue weighted by Gasteiger charge is 2.09. The van der Waals surface area contributed by atoms with E-state index >= 15 is 0 Å². The molecule has 0 amide bonds. The van der Waals surface area contributed by atoms with E-state index in [2.05, 4.69) is 13.8 Å². The Labute approximate surface area is 118 Å². The molecule has 0 fully saturated rings. The fraction of sp³-hybridized carbons (Fsp3) is 0.188. The average Bonchev–Trinajstić information content (AvgIpc) is 2.41. The molecule has 0 saturated heterocycles. The first-order valence-electron chi connectivity index (χ1n) is 6.13. The van der Waals surface area contributed by atoms with E-state index < -0.39 is 0 Å². The largest absolute Gasteiger partial charge is 0.455 e. The molecule has 0 saturated carbocycles. The third kappa shape index (κ3) is 3.15. The Balaban J connectivity index is 2.36. The molecule has 0 heterocycles. The molecule has 2 aromatic rings. The van der Waals surface area contributed by atoms with Crippen molar-refractivity contribution in [2.24, 2.45) is 0 Å². The molecule has 0 aliphatic carbocycles. The van der Waals surface area contributed by atoms with Gasteiger partial charge in [-0.3, -0.25) is 4.79 Å². The van der Waals surface area contributed by atoms with E-state index in [0.29, 0.717) is 28.0 Å². The van der Waals surface area contributed by atoms with Gasteiger partial charge in [-0.15, -0.1) is 0 Å². The fourth-order valence-electron chi connectivity index (χ4n) is 1.78. The van der Waals surface area contributed by atoms with Gasteiger partial charge in [0.05, 0.1) is 10.6 Å². The molecule has 0 unspecified atom stereocenters. The minimum Gasteiger partial charge on any atom is -0.455 e. The standard InChI is InChI=1S/C16H15ClO2/c1-11(2)12-5-3-7-14(9-12)19-16-13(10-18)6-4-8-15(16)17/h3-11H,1-2H3. The zero-order valence-electron chi connectivity index (χ0n) is 10.9. The second kappa shape index (κ2) is 5.89. The van der Waals surface area contributed by atoms with Crippen LogP contribution in [0.4, 0.5) is 0 Å². The van der Waals surface area contributed by atoms with Gasteiger partial charge in [-0.1, -0.05) is 43.6 Å². The van der Waals surface area contributed by atoms with Gasteiger partial charge in [0.1, 0.15) is 5.75 Å². The van der Waals surface area contributed by atoms with Crippen LogP contribution in [0.25, 0.3) is 0 Å². The fourth-order valence-corrected chi connectivity index (χ4v) is 2.00. The predicted octanol–water partition coefficient (Wildman–Crippen LogP) is 5.07. The maximum atomic E-state index is 11.0. The van der Waals surface area contributed by atoms with Crippen molar-refractivity contribution in [2.75, 3.05) is 0 Å². The summed E-state index contributed by atoms with van der Waals surface area (Å²) in [5.41, 5.74) is 1.62. The van der Waals surface area contributed by atoms with Gasteiger partial charge in [0, 0.05) is 0 Å². The zero-order valence-corrected chi connectivity index (χ0v) is 11.6. The van der Waals surface area contributed by atoms with Gasteiger partial charge < -0.3 is 4.74 Å². The number of ether oxygens (including phenoxy) is 1. The molecule has 0 aliphatic heterocycles. The van der Waals surface area contributed by atoms with Crippen molar-refractivity contribution < 1.29 is 9.53 Å². The minimum atomic E-state index is 0.403. The summed E-state index contributed by atoms with van der Waals surface area (Å²) in [5, 5.41) is 0.430. The summed E-state index contributed by atoms with van der Waals surface area (Å²) in [5.74, 6) is 1.50. The van der Waals surface area contributed by atoms with Gasteiger partial charge >= 0.3 is 0 Å². The third-order valence-electron chi connectivity index (χ3n) is 2.87. The lowest BCUT2D eigenvalue weighted by atomic mass is 10.0. The van der Waals surface area contributed by atoms with Crippen LogP contribution in [0, 0.1) is 0 Å². The van der Waals surface area contributed by atoms with Gasteiger partial charge in [0.2, 0.25) is 0 Å². The minimum absolute atomic E-state index is 0.403. The third-order valence-corrected chi connectivity index (χ3v) is 3.17. The molecule has 19 heavy (non-hydrogen) atoms. The number of aldehydes is 1. The highest BCUT2D eigenvalue weighted by Crippen LogP contribution is 2.33. The predicted molar refractivity (Wildman–Crippen MR) is 77.4 cm³/mol. The van der Waals surface area contributed by atoms with E-state index in [-0.39, 0.29) is 0 Å². The van der Waals surface area contributed by atoms with Crippen LogP contribution in [0.2, 0.25) is 5.02 Å². The smallest absolute Gasteiger partial charge is 0.156 e. The zero-order chi connectivity index (χ0) is 13.8. The van der Waals surface area contributed by atoms with Crippen molar-refractivity contribution in [2.45, 2.75) is 19.8 Å². The van der Waals surface area contributed by atoms with Crippen LogP contribution >= 0.6 is 11.6 Å². The Morgan fingerprint density at radius 1 is 1.16 bits per heavy atom. The molecule has 0 bridgehead atoms. The quantitative estimate of drug-likeness (QED) is 0.728. The number of para-hydroxylation sites is 1. The highest BCUT2D eigenvalue weighted by atomic mass is 35.5. The molecular formula is C16H15ClO2. The van der Waals surface area contributed by atoms with Crippen LogP contribution in [0.15, 0.2) is 42.5 Å². The Bertz CT molecular complexity index is 591. The second-order valence-corrected chi connectivity index (χ2v) is 5.01. The van der Waals surface area contributed by atoms with Crippen LogP contribution < -0.4 is 4.74 Å². The lowest BCUT2D eigenvalue weighted by Crippen LogP contribution is -1.93. The Kier molecular flexibility index (Phi) is 4.23. The molecule has 3 heteroatoms. The first-order valence-corrected chi connectivity index (χ1v) is 6.51. The molecule has 0 aliphatic rings. The van der Waals surface area contributed by atoms with E-state index in [9.17, 15) is 4.79 Å². The topological polar surface area (TPSA) is 26.3 Å². The Morgan fingerprint density at radius 2 is 1.89 bits per heavy atom. The van der Waals surface area contributed by atoms with Crippen molar-refractivity contribution in [1.82, 2.24) is 0 Å². The van der Waals surface area contributed by atoms with Crippen molar-refractivity contribution in [1.29, 1.82) is 0 Å². The maximum Gasteiger partial charge on any atom is 0.156 e. The summed E-state index contributed by atoms with van der Waals surface area (Å²) in [6.45, 7) is 4.23. The van der Waals surface area contributed by atoms with Crippen molar-refractivity contribution >= 4 is 17.9 Å². The van der Waals surface area contributed by atoms with E-state index in [0.717, 1.165) is 6.29 Å². The Hall–Kier alpha value is -1.80. The molecule has 0 spiro atoms. The molecule has 2 nitrogen and oxygen atoms in total. The number of halogens is 1. The molecule has 0 radical (unpaired) electrons. The van der Waals surface area contributed by atoms with E-state index in [1.165, 1.54) is 5.56 Å². The highest BCUT2D eigenvalue weighted by molar-refractivity contribution is 6.32. The molecule has 2 rings (SSSR count). The average molecular weight is 275 g/mol. The first-order chi connectivity index (χ1) is 9.11. The lowest BCUT2D eigenvalue weighted by Gasteiger charge is -2.12. The van der Waals surface area contributed by atoms with Crippen LogP contribution in [0.3, 0.4) is 0 Å². The van der Waals surface area contributed by atoms with Gasteiger partial charge in [-0.2, -0.15) is 0 Å². The van der Waals surface area contributed by atoms with Gasteiger partial charge in [0.25, 0.3) is 0 Å². The number of carbonyl (C=O) groups excluding carboxylic acids is 1. The van der Waals surface area contributed by atoms with Crippen LogP contribution in [0.5, 0.6) is 11.5 Å². The molecule has 0 N–H and O–H groups in total. The van der Waals surface area contributed by atoms with E-state index in [1.54, 1.807) is 18.2 Å². The summed E-state index contributed by atoms with van der Waals surface area (Å²) in [6, 6.07) is 12.9. The summed E-state index contributed by atoms with van der Waals surface area (Å²) in [6.07, 6.45) is 0.744. The Morgan fingerprint density at radius 3 is 2.58 bits per heavy atom. The van der Waals surface area contributed by atoms with Gasteiger partial charge in [-0.25, -0.2) is 0 Å². The van der Waals surface area contributed by atoms with Gasteiger partial charge in [0.15, 0.2) is 12.0 Å². The summed E-state index contributed by atoms with van der Waals surface area (Å²) in [7, 11) is 0. The number of carbonyl (C=O) groups is 1. The number of benzene rings is 2. The van der Waals surface area contributed by atoms with Crippen LogP contribution in [-0.2, 0) is 0 Å². The van der Waals surface area contributed by atoms with Crippen molar-refractivity contribution in [3.05, 3.63) is 58.6 Å². The SMILES string of the molecule is CC(C)c1cccc(Oc2c(Cl)cccc2C=O)c1. The molecule has 0 aromatic heterocycles. The normalized spacial score (nSPS) is 10.5. The lowest BCUT2D eigenvalue weighted by molar-refractivity contribution is 0.112. The monoisotopic (exact) mass is 274 g/mol. The summed E-state index contributed by atoms with van der Waals surface area (Å²) in [4.78, 5) is 11.0. The molecule has 98 valence electrons. The van der Waals surface area contributed by atoms with Crippen molar-refractivity contribution in [3.63, 3.8) is 0 Å². The van der Waals surface area contributed by atoms with E-state index in [4.69, 9.17) is 16.3 Å². The van der Waals surface area contributed by atoms with Crippen LogP contribution in [0.1, 0.15) is 35.7 Å². The molecule has 2 aromatic carbocycles. The molecule has 0 atom stereocenters. The van der Waals surface area contributed by atoms with E-state index in [1.807, 2.05) is 24.3 Å². The number of rotatable bonds is 4. The first kappa shape index (κ1) is 13.6.